The first kappa shape index (κ1) is 14.1. The van der Waals surface area contributed by atoms with Gasteiger partial charge in [0.2, 0.25) is 0 Å². The fraction of sp³-hybridized carbons (Fsp3) is 0.917. The highest BCUT2D eigenvalue weighted by Gasteiger charge is 2.45. The first-order chi connectivity index (χ1) is 8.65. The Morgan fingerprint density at radius 1 is 1.56 bits per heavy atom. The first-order valence-corrected chi connectivity index (χ1v) is 7.52. The minimum Gasteiger partial charge on any atom is -0.391 e. The van der Waals surface area contributed by atoms with Gasteiger partial charge < -0.3 is 20.3 Å². The molecule has 2 rings (SSSR count). The number of thioether (sulfide) groups is 1. The Kier molecular flexibility index (Phi) is 4.89. The van der Waals surface area contributed by atoms with E-state index >= 15 is 0 Å². The van der Waals surface area contributed by atoms with Crippen LogP contribution < -0.4 is 5.32 Å². The van der Waals surface area contributed by atoms with Gasteiger partial charge in [0.05, 0.1) is 24.4 Å². The maximum absolute atomic E-state index is 10.1. The molecule has 0 spiro atoms. The lowest BCUT2D eigenvalue weighted by Gasteiger charge is -2.36. The third-order valence-corrected chi connectivity index (χ3v) is 4.44. The molecule has 0 saturated carbocycles. The predicted molar refractivity (Wildman–Crippen MR) is 72.7 cm³/mol. The molecule has 2 aliphatic heterocycles. The summed E-state index contributed by atoms with van der Waals surface area (Å²) in [5, 5.41) is 24.0. The summed E-state index contributed by atoms with van der Waals surface area (Å²) in [5.41, 5.74) is -0.143. The van der Waals surface area contributed by atoms with E-state index in [9.17, 15) is 10.2 Å². The molecule has 5 atom stereocenters. The number of amidine groups is 1. The fourth-order valence-electron chi connectivity index (χ4n) is 2.24. The molecule has 0 amide bonds. The Balaban J connectivity index is 1.99. The Morgan fingerprint density at radius 3 is 3.00 bits per heavy atom. The average molecular weight is 274 g/mol. The lowest BCUT2D eigenvalue weighted by atomic mass is 9.97. The average Bonchev–Trinajstić information content (AvgIpc) is 2.78. The lowest BCUT2D eigenvalue weighted by Crippen LogP contribution is -2.52. The number of nitrogens with zero attached hydrogens (tertiary/aromatic N) is 1. The molecule has 2 heterocycles. The number of ether oxygens (including phenoxy) is 1. The summed E-state index contributed by atoms with van der Waals surface area (Å²) in [7, 11) is 0. The van der Waals surface area contributed by atoms with Crippen LogP contribution in [0.15, 0.2) is 4.99 Å². The number of fused-ring (bicyclic) bond motifs is 1. The van der Waals surface area contributed by atoms with Crippen molar-refractivity contribution in [3.63, 3.8) is 0 Å². The molecule has 3 N–H and O–H groups in total. The number of rotatable bonds is 4. The second kappa shape index (κ2) is 6.23. The van der Waals surface area contributed by atoms with Crippen molar-refractivity contribution in [1.29, 1.82) is 0 Å². The van der Waals surface area contributed by atoms with E-state index in [1.54, 1.807) is 0 Å². The smallest absolute Gasteiger partial charge is 0.159 e. The number of hydrogen-bond acceptors (Lipinski definition) is 5. The van der Waals surface area contributed by atoms with Gasteiger partial charge in [0.1, 0.15) is 5.44 Å². The van der Waals surface area contributed by atoms with Gasteiger partial charge in [0.15, 0.2) is 5.17 Å². The number of nitrogens with one attached hydrogen (secondary N) is 1. The maximum Gasteiger partial charge on any atom is 0.159 e. The highest BCUT2D eigenvalue weighted by atomic mass is 32.2. The van der Waals surface area contributed by atoms with Crippen molar-refractivity contribution >= 4 is 16.9 Å². The molecule has 104 valence electrons. The van der Waals surface area contributed by atoms with Crippen LogP contribution in [0.2, 0.25) is 0 Å². The molecule has 2 fully saturated rings. The zero-order chi connectivity index (χ0) is 13.1. The maximum atomic E-state index is 10.1. The SMILES string of the molecule is CCCN=C1NC2C(O)CC(C(O)CC)OC2S1. The van der Waals surface area contributed by atoms with Gasteiger partial charge in [-0.05, 0) is 12.8 Å². The molecule has 0 aromatic heterocycles. The van der Waals surface area contributed by atoms with Gasteiger partial charge in [-0.1, -0.05) is 25.6 Å². The molecule has 0 aliphatic carbocycles. The van der Waals surface area contributed by atoms with E-state index in [1.165, 1.54) is 11.8 Å². The van der Waals surface area contributed by atoms with Crippen molar-refractivity contribution in [3.05, 3.63) is 0 Å². The van der Waals surface area contributed by atoms with E-state index in [0.717, 1.165) is 18.1 Å². The third kappa shape index (κ3) is 2.99. The summed E-state index contributed by atoms with van der Waals surface area (Å²) in [6, 6.07) is -0.106. The quantitative estimate of drug-likeness (QED) is 0.704. The van der Waals surface area contributed by atoms with Crippen LogP contribution in [-0.2, 0) is 4.74 Å². The predicted octanol–water partition coefficient (Wildman–Crippen LogP) is 0.704. The van der Waals surface area contributed by atoms with Gasteiger partial charge in [-0.25, -0.2) is 0 Å². The van der Waals surface area contributed by atoms with Crippen LogP contribution in [0, 0.1) is 0 Å². The number of hydrogen-bond donors (Lipinski definition) is 3. The monoisotopic (exact) mass is 274 g/mol. The minimum atomic E-state index is -0.502. The summed E-state index contributed by atoms with van der Waals surface area (Å²) in [4.78, 5) is 4.41. The standard InChI is InChI=1S/C12H22N2O3S/c1-3-5-13-12-14-10-8(16)6-9(7(15)4-2)17-11(10)18-12/h7-11,15-16H,3-6H2,1-2H3,(H,13,14). The van der Waals surface area contributed by atoms with E-state index in [-0.39, 0.29) is 17.6 Å². The molecule has 0 bridgehead atoms. The van der Waals surface area contributed by atoms with Crippen molar-refractivity contribution in [2.24, 2.45) is 4.99 Å². The van der Waals surface area contributed by atoms with Crippen LogP contribution in [0.3, 0.4) is 0 Å². The normalized spacial score (nSPS) is 39.4. The molecular formula is C12H22N2O3S. The molecule has 5 nitrogen and oxygen atoms in total. The molecule has 0 aromatic carbocycles. The van der Waals surface area contributed by atoms with E-state index in [4.69, 9.17) is 4.74 Å². The summed E-state index contributed by atoms with van der Waals surface area (Å²) in [6.07, 6.45) is 0.858. The Hall–Kier alpha value is -0.300. The minimum absolute atomic E-state index is 0.106. The number of aliphatic hydroxyl groups is 2. The van der Waals surface area contributed by atoms with Crippen LogP contribution >= 0.6 is 11.8 Å². The Labute approximate surface area is 112 Å². The third-order valence-electron chi connectivity index (χ3n) is 3.33. The van der Waals surface area contributed by atoms with Gasteiger partial charge in [0.25, 0.3) is 0 Å². The summed E-state index contributed by atoms with van der Waals surface area (Å²) >= 11 is 1.52. The summed E-state index contributed by atoms with van der Waals surface area (Å²) in [5.74, 6) is 0. The molecule has 2 saturated heterocycles. The Bertz CT molecular complexity index is 314. The van der Waals surface area contributed by atoms with Crippen LogP contribution in [0.5, 0.6) is 0 Å². The van der Waals surface area contributed by atoms with Gasteiger partial charge in [0, 0.05) is 13.0 Å². The van der Waals surface area contributed by atoms with Crippen LogP contribution in [0.4, 0.5) is 0 Å². The molecule has 0 radical (unpaired) electrons. The van der Waals surface area contributed by atoms with Crippen molar-refractivity contribution in [2.75, 3.05) is 6.54 Å². The van der Waals surface area contributed by atoms with Crippen LogP contribution in [0.25, 0.3) is 0 Å². The first-order valence-electron chi connectivity index (χ1n) is 6.65. The van der Waals surface area contributed by atoms with E-state index in [1.807, 2.05) is 6.92 Å². The Morgan fingerprint density at radius 2 is 2.33 bits per heavy atom. The molecule has 0 aromatic rings. The summed E-state index contributed by atoms with van der Waals surface area (Å²) < 4.78 is 5.85. The van der Waals surface area contributed by atoms with Gasteiger partial charge in [-0.2, -0.15) is 0 Å². The molecule has 5 unspecified atom stereocenters. The van der Waals surface area contributed by atoms with E-state index in [0.29, 0.717) is 12.8 Å². The van der Waals surface area contributed by atoms with E-state index in [2.05, 4.69) is 17.2 Å². The second-order valence-corrected chi connectivity index (χ2v) is 5.88. The van der Waals surface area contributed by atoms with Crippen molar-refractivity contribution < 1.29 is 14.9 Å². The fourth-order valence-corrected chi connectivity index (χ4v) is 3.42. The van der Waals surface area contributed by atoms with Gasteiger partial charge in [-0.15, -0.1) is 0 Å². The molecule has 6 heteroatoms. The largest absolute Gasteiger partial charge is 0.391 e. The zero-order valence-corrected chi connectivity index (χ0v) is 11.7. The van der Waals surface area contributed by atoms with Gasteiger partial charge >= 0.3 is 0 Å². The zero-order valence-electron chi connectivity index (χ0n) is 10.9. The molecular weight excluding hydrogens is 252 g/mol. The molecule has 2 aliphatic rings. The number of aliphatic hydroxyl groups excluding tert-OH is 2. The summed E-state index contributed by atoms with van der Waals surface area (Å²) in [6.45, 7) is 4.78. The van der Waals surface area contributed by atoms with Gasteiger partial charge in [-0.3, -0.25) is 4.99 Å². The highest BCUT2D eigenvalue weighted by Crippen LogP contribution is 2.34. The van der Waals surface area contributed by atoms with Crippen LogP contribution in [0.1, 0.15) is 33.1 Å². The molecule has 18 heavy (non-hydrogen) atoms. The lowest BCUT2D eigenvalue weighted by molar-refractivity contribution is -0.120. The van der Waals surface area contributed by atoms with Crippen molar-refractivity contribution in [2.45, 2.75) is 62.9 Å². The number of aliphatic imine (C=N–C) groups is 1. The van der Waals surface area contributed by atoms with E-state index < -0.39 is 12.2 Å². The second-order valence-electron chi connectivity index (χ2n) is 4.80. The highest BCUT2D eigenvalue weighted by molar-refractivity contribution is 8.14. The topological polar surface area (TPSA) is 74.1 Å². The van der Waals surface area contributed by atoms with Crippen molar-refractivity contribution in [1.82, 2.24) is 5.32 Å². The van der Waals surface area contributed by atoms with Crippen molar-refractivity contribution in [3.8, 4) is 0 Å². The van der Waals surface area contributed by atoms with Crippen LogP contribution in [-0.4, -0.2) is 51.7 Å².